The van der Waals surface area contributed by atoms with Crippen LogP contribution in [0.25, 0.3) is 0 Å². The predicted molar refractivity (Wildman–Crippen MR) is 84.6 cm³/mol. The molecule has 2 N–H and O–H groups in total. The number of hydrogen-bond donors (Lipinski definition) is 2. The van der Waals surface area contributed by atoms with Crippen molar-refractivity contribution < 1.29 is 19.7 Å². The number of benzene rings is 1. The molecule has 3 aliphatic rings. The minimum Gasteiger partial charge on any atom is -0.462 e. The van der Waals surface area contributed by atoms with Crippen molar-refractivity contribution in [2.45, 2.75) is 44.0 Å². The quantitative estimate of drug-likeness (QED) is 0.657. The van der Waals surface area contributed by atoms with Crippen LogP contribution in [0.15, 0.2) is 36.4 Å². The molecule has 23 heavy (non-hydrogen) atoms. The number of aliphatic hydroxyl groups is 2. The van der Waals surface area contributed by atoms with E-state index in [1.165, 1.54) is 11.1 Å². The highest BCUT2D eigenvalue weighted by Gasteiger charge is 2.48. The zero-order valence-electron chi connectivity index (χ0n) is 13.0. The highest BCUT2D eigenvalue weighted by atomic mass is 16.6. The standard InChI is InChI=1S/C19H22O4/c20-16(13-7-11-3-1-2-4-12(11)8-13)6-5-14-15-9-19(22)23-18(15)10-17(14)21/h1-6,13-18,20-21H,7-10H2/t14-,15-,16-,17-,18+/m1/s1. The molecule has 122 valence electrons. The molecule has 1 saturated heterocycles. The van der Waals surface area contributed by atoms with E-state index in [0.717, 1.165) is 12.8 Å². The minimum atomic E-state index is -0.522. The van der Waals surface area contributed by atoms with Crippen LogP contribution in [0.2, 0.25) is 0 Å². The third-order valence-electron chi connectivity index (χ3n) is 5.67. The Hall–Kier alpha value is -1.65. The number of carbonyl (C=O) groups excluding carboxylic acids is 1. The number of carbonyl (C=O) groups is 1. The first-order chi connectivity index (χ1) is 11.1. The Bertz CT molecular complexity index is 613. The third kappa shape index (κ3) is 2.70. The minimum absolute atomic E-state index is 0.0572. The molecule has 2 aliphatic carbocycles. The first-order valence-corrected chi connectivity index (χ1v) is 8.42. The second-order valence-corrected chi connectivity index (χ2v) is 7.09. The number of ether oxygens (including phenoxy) is 1. The highest BCUT2D eigenvalue weighted by molar-refractivity contribution is 5.72. The van der Waals surface area contributed by atoms with Gasteiger partial charge >= 0.3 is 5.97 Å². The summed E-state index contributed by atoms with van der Waals surface area (Å²) >= 11 is 0. The lowest BCUT2D eigenvalue weighted by atomic mass is 9.90. The van der Waals surface area contributed by atoms with Gasteiger partial charge in [0.05, 0.1) is 18.6 Å². The van der Waals surface area contributed by atoms with Gasteiger partial charge in [-0.2, -0.15) is 0 Å². The van der Waals surface area contributed by atoms with Gasteiger partial charge in [-0.25, -0.2) is 0 Å². The van der Waals surface area contributed by atoms with Crippen molar-refractivity contribution in [1.82, 2.24) is 0 Å². The average Bonchev–Trinajstić information content (AvgIpc) is 3.17. The van der Waals surface area contributed by atoms with Crippen LogP contribution in [-0.4, -0.2) is 34.5 Å². The molecule has 0 amide bonds. The van der Waals surface area contributed by atoms with E-state index in [2.05, 4.69) is 12.1 Å². The maximum absolute atomic E-state index is 11.4. The molecule has 0 aromatic heterocycles. The molecule has 0 spiro atoms. The van der Waals surface area contributed by atoms with Crippen LogP contribution in [0.3, 0.4) is 0 Å². The van der Waals surface area contributed by atoms with Crippen molar-refractivity contribution in [3.63, 3.8) is 0 Å². The van der Waals surface area contributed by atoms with Crippen LogP contribution in [0, 0.1) is 17.8 Å². The Labute approximate surface area is 135 Å². The Morgan fingerprint density at radius 2 is 1.87 bits per heavy atom. The molecule has 4 heteroatoms. The van der Waals surface area contributed by atoms with Gasteiger partial charge in [0.15, 0.2) is 0 Å². The molecule has 1 heterocycles. The molecule has 0 unspecified atom stereocenters. The molecule has 1 aromatic carbocycles. The Balaban J connectivity index is 1.42. The van der Waals surface area contributed by atoms with E-state index in [1.807, 2.05) is 24.3 Å². The first-order valence-electron chi connectivity index (χ1n) is 8.42. The predicted octanol–water partition coefficient (Wildman–Crippen LogP) is 1.63. The zero-order chi connectivity index (χ0) is 16.0. The van der Waals surface area contributed by atoms with E-state index in [-0.39, 0.29) is 29.8 Å². The van der Waals surface area contributed by atoms with Crippen LogP contribution in [0.1, 0.15) is 24.0 Å². The van der Waals surface area contributed by atoms with Crippen molar-refractivity contribution in [3.8, 4) is 0 Å². The van der Waals surface area contributed by atoms with Gasteiger partial charge in [0.25, 0.3) is 0 Å². The molecule has 0 bridgehead atoms. The number of rotatable bonds is 3. The molecule has 1 saturated carbocycles. The lowest BCUT2D eigenvalue weighted by molar-refractivity contribution is -0.141. The van der Waals surface area contributed by atoms with E-state index < -0.39 is 12.2 Å². The summed E-state index contributed by atoms with van der Waals surface area (Å²) in [5, 5.41) is 20.7. The molecule has 1 aliphatic heterocycles. The normalized spacial score (nSPS) is 34.6. The van der Waals surface area contributed by atoms with Crippen molar-refractivity contribution in [1.29, 1.82) is 0 Å². The lowest BCUT2D eigenvalue weighted by Crippen LogP contribution is -2.21. The Kier molecular flexibility index (Phi) is 3.74. The van der Waals surface area contributed by atoms with E-state index in [0.29, 0.717) is 12.8 Å². The largest absolute Gasteiger partial charge is 0.462 e. The summed E-state index contributed by atoms with van der Waals surface area (Å²) in [5.41, 5.74) is 2.64. The fraction of sp³-hybridized carbons (Fsp3) is 0.526. The first kappa shape index (κ1) is 14.9. The van der Waals surface area contributed by atoms with Crippen LogP contribution in [0.5, 0.6) is 0 Å². The second kappa shape index (κ2) is 5.77. The van der Waals surface area contributed by atoms with Gasteiger partial charge in [0.1, 0.15) is 6.10 Å². The summed E-state index contributed by atoms with van der Waals surface area (Å²) in [6, 6.07) is 8.32. The SMILES string of the molecule is O=C1C[C@@H]2[C@@H](C=C[C@@H](O)C3Cc4ccccc4C3)[C@H](O)C[C@@H]2O1. The Morgan fingerprint density at radius 1 is 1.17 bits per heavy atom. The maximum Gasteiger partial charge on any atom is 0.306 e. The smallest absolute Gasteiger partial charge is 0.306 e. The summed E-state index contributed by atoms with van der Waals surface area (Å²) < 4.78 is 5.24. The van der Waals surface area contributed by atoms with Gasteiger partial charge in [-0.05, 0) is 29.9 Å². The lowest BCUT2D eigenvalue weighted by Gasteiger charge is -2.18. The number of aliphatic hydroxyl groups excluding tert-OH is 2. The van der Waals surface area contributed by atoms with Gasteiger partial charge in [-0.15, -0.1) is 0 Å². The second-order valence-electron chi connectivity index (χ2n) is 7.09. The fourth-order valence-electron chi connectivity index (χ4n) is 4.42. The molecule has 2 fully saturated rings. The number of hydrogen-bond acceptors (Lipinski definition) is 4. The fourth-order valence-corrected chi connectivity index (χ4v) is 4.42. The van der Waals surface area contributed by atoms with Crippen molar-refractivity contribution in [3.05, 3.63) is 47.5 Å². The summed E-state index contributed by atoms with van der Waals surface area (Å²) in [6.07, 6.45) is 5.23. The van der Waals surface area contributed by atoms with Gasteiger partial charge in [0.2, 0.25) is 0 Å². The highest BCUT2D eigenvalue weighted by Crippen LogP contribution is 2.42. The summed E-state index contributed by atoms with van der Waals surface area (Å²) in [7, 11) is 0. The molecule has 0 radical (unpaired) electrons. The van der Waals surface area contributed by atoms with E-state index in [4.69, 9.17) is 4.74 Å². The van der Waals surface area contributed by atoms with Gasteiger partial charge in [0, 0.05) is 18.3 Å². The summed E-state index contributed by atoms with van der Waals surface area (Å²) in [4.78, 5) is 11.4. The topological polar surface area (TPSA) is 66.8 Å². The van der Waals surface area contributed by atoms with E-state index in [1.54, 1.807) is 0 Å². The van der Waals surface area contributed by atoms with Crippen molar-refractivity contribution in [2.24, 2.45) is 17.8 Å². The van der Waals surface area contributed by atoms with Gasteiger partial charge in [-0.1, -0.05) is 36.4 Å². The van der Waals surface area contributed by atoms with Crippen molar-refractivity contribution >= 4 is 5.97 Å². The van der Waals surface area contributed by atoms with E-state index in [9.17, 15) is 15.0 Å². The summed E-state index contributed by atoms with van der Waals surface area (Å²) in [6.45, 7) is 0. The van der Waals surface area contributed by atoms with E-state index >= 15 is 0 Å². The third-order valence-corrected chi connectivity index (χ3v) is 5.67. The number of fused-ring (bicyclic) bond motifs is 2. The molecular formula is C19H22O4. The molecule has 1 aromatic rings. The molecule has 4 rings (SSSR count). The zero-order valence-corrected chi connectivity index (χ0v) is 13.0. The van der Waals surface area contributed by atoms with Crippen LogP contribution >= 0.6 is 0 Å². The van der Waals surface area contributed by atoms with Crippen LogP contribution in [-0.2, 0) is 22.4 Å². The maximum atomic E-state index is 11.4. The van der Waals surface area contributed by atoms with Crippen LogP contribution in [0.4, 0.5) is 0 Å². The molecular weight excluding hydrogens is 292 g/mol. The summed E-state index contributed by atoms with van der Waals surface area (Å²) in [5.74, 6) is -0.0110. The Morgan fingerprint density at radius 3 is 2.57 bits per heavy atom. The average molecular weight is 314 g/mol. The number of esters is 1. The van der Waals surface area contributed by atoms with Gasteiger partial charge in [-0.3, -0.25) is 4.79 Å². The van der Waals surface area contributed by atoms with Crippen molar-refractivity contribution in [2.75, 3.05) is 0 Å². The van der Waals surface area contributed by atoms with Crippen LogP contribution < -0.4 is 0 Å². The van der Waals surface area contributed by atoms with Gasteiger partial charge < -0.3 is 14.9 Å². The molecule has 5 atom stereocenters. The molecule has 4 nitrogen and oxygen atoms in total. The monoisotopic (exact) mass is 314 g/mol.